The predicted molar refractivity (Wildman–Crippen MR) is 172 cm³/mol. The second-order valence-electron chi connectivity index (χ2n) is 10.5. The van der Waals surface area contributed by atoms with Gasteiger partial charge in [0, 0.05) is 44.8 Å². The molecule has 1 fully saturated rings. The van der Waals surface area contributed by atoms with E-state index in [-0.39, 0.29) is 18.4 Å². The first kappa shape index (κ1) is 30.3. The van der Waals surface area contributed by atoms with Crippen LogP contribution in [0, 0.1) is 0 Å². The van der Waals surface area contributed by atoms with E-state index in [4.69, 9.17) is 9.47 Å². The molecule has 1 saturated heterocycles. The Morgan fingerprint density at radius 3 is 2.25 bits per heavy atom. The van der Waals surface area contributed by atoms with Crippen LogP contribution in [-0.4, -0.2) is 62.8 Å². The van der Waals surface area contributed by atoms with Crippen molar-refractivity contribution in [1.29, 1.82) is 0 Å². The average Bonchev–Trinajstić information content (AvgIpc) is 3.08. The summed E-state index contributed by atoms with van der Waals surface area (Å²) in [6, 6.07) is 32.6. The van der Waals surface area contributed by atoms with E-state index < -0.39 is 0 Å². The van der Waals surface area contributed by atoms with Crippen LogP contribution in [0.1, 0.15) is 27.0 Å². The largest absolute Gasteiger partial charge is 0.495 e. The van der Waals surface area contributed by atoms with Crippen LogP contribution < -0.4 is 25.1 Å². The lowest BCUT2D eigenvalue weighted by Gasteiger charge is -2.36. The fourth-order valence-electron chi connectivity index (χ4n) is 4.93. The number of rotatable bonds is 12. The minimum absolute atomic E-state index is 0.0738. The maximum absolute atomic E-state index is 12.6. The second kappa shape index (κ2) is 15.4. The van der Waals surface area contributed by atoms with Gasteiger partial charge in [-0.2, -0.15) is 5.10 Å². The molecule has 0 bridgehead atoms. The number of carbonyl (C=O) groups excluding carboxylic acids is 2. The number of para-hydroxylation sites is 2. The van der Waals surface area contributed by atoms with Gasteiger partial charge in [-0.05, 0) is 65.2 Å². The number of benzene rings is 4. The number of nitrogens with one attached hydrogen (secondary N) is 2. The molecular weight excluding hydrogens is 554 g/mol. The molecular formula is C35H37N5O4. The Hall–Kier alpha value is -5.15. The number of hydrogen-bond acceptors (Lipinski definition) is 7. The monoisotopic (exact) mass is 591 g/mol. The van der Waals surface area contributed by atoms with Gasteiger partial charge < -0.3 is 19.7 Å². The molecule has 1 aliphatic rings. The van der Waals surface area contributed by atoms with Crippen LogP contribution in [0.4, 0.5) is 5.69 Å². The van der Waals surface area contributed by atoms with Gasteiger partial charge in [0.2, 0.25) is 0 Å². The van der Waals surface area contributed by atoms with Crippen LogP contribution in [0.15, 0.2) is 108 Å². The highest BCUT2D eigenvalue weighted by Gasteiger charge is 2.19. The van der Waals surface area contributed by atoms with Gasteiger partial charge in [0.25, 0.3) is 11.8 Å². The van der Waals surface area contributed by atoms with E-state index in [0.717, 1.165) is 60.9 Å². The van der Waals surface area contributed by atoms with Crippen molar-refractivity contribution in [2.24, 2.45) is 5.10 Å². The van der Waals surface area contributed by atoms with E-state index in [0.29, 0.717) is 17.9 Å². The van der Waals surface area contributed by atoms with Crippen LogP contribution in [0.3, 0.4) is 0 Å². The lowest BCUT2D eigenvalue weighted by atomic mass is 10.1. The van der Waals surface area contributed by atoms with Crippen molar-refractivity contribution in [2.45, 2.75) is 13.1 Å². The number of hydrazone groups is 1. The predicted octanol–water partition coefficient (Wildman–Crippen LogP) is 4.48. The molecule has 1 aliphatic heterocycles. The minimum atomic E-state index is -0.278. The Balaban J connectivity index is 1.02. The quantitative estimate of drug-likeness (QED) is 0.186. The Morgan fingerprint density at radius 2 is 1.52 bits per heavy atom. The summed E-state index contributed by atoms with van der Waals surface area (Å²) in [4.78, 5) is 29.4. The number of hydrogen-bond donors (Lipinski definition) is 2. The molecule has 0 saturated carbocycles. The van der Waals surface area contributed by atoms with Crippen LogP contribution >= 0.6 is 0 Å². The number of methoxy groups -OCH3 is 1. The molecule has 2 amide bonds. The van der Waals surface area contributed by atoms with E-state index in [1.165, 1.54) is 0 Å². The summed E-state index contributed by atoms with van der Waals surface area (Å²) in [5.41, 5.74) is 7.23. The fraction of sp³-hybridized carbons (Fsp3) is 0.229. The lowest BCUT2D eigenvalue weighted by molar-refractivity contribution is -0.123. The van der Waals surface area contributed by atoms with E-state index in [1.54, 1.807) is 37.6 Å². The van der Waals surface area contributed by atoms with Crippen LogP contribution in [-0.2, 0) is 17.9 Å². The fourth-order valence-corrected chi connectivity index (χ4v) is 4.93. The number of ether oxygens (including phenoxy) is 2. The first-order chi connectivity index (χ1) is 21.6. The van der Waals surface area contributed by atoms with Crippen LogP contribution in [0.25, 0.3) is 0 Å². The molecule has 0 radical (unpaired) electrons. The Bertz CT molecular complexity index is 1530. The summed E-state index contributed by atoms with van der Waals surface area (Å²) in [5, 5.41) is 6.92. The maximum Gasteiger partial charge on any atom is 0.271 e. The van der Waals surface area contributed by atoms with Gasteiger partial charge in [-0.1, -0.05) is 54.6 Å². The molecule has 9 nitrogen and oxygen atoms in total. The molecule has 0 aliphatic carbocycles. The highest BCUT2D eigenvalue weighted by Crippen LogP contribution is 2.28. The van der Waals surface area contributed by atoms with Crippen molar-refractivity contribution in [1.82, 2.24) is 15.6 Å². The van der Waals surface area contributed by atoms with Gasteiger partial charge in [0.05, 0.1) is 19.0 Å². The van der Waals surface area contributed by atoms with Gasteiger partial charge in [-0.15, -0.1) is 0 Å². The Kier molecular flexibility index (Phi) is 10.6. The molecule has 0 spiro atoms. The summed E-state index contributed by atoms with van der Waals surface area (Å²) in [5.74, 6) is 0.997. The van der Waals surface area contributed by atoms with Crippen molar-refractivity contribution in [3.63, 3.8) is 0 Å². The van der Waals surface area contributed by atoms with Gasteiger partial charge >= 0.3 is 0 Å². The molecule has 44 heavy (non-hydrogen) atoms. The van der Waals surface area contributed by atoms with Crippen LogP contribution in [0.2, 0.25) is 0 Å². The van der Waals surface area contributed by atoms with Crippen molar-refractivity contribution in [3.8, 4) is 11.5 Å². The van der Waals surface area contributed by atoms with E-state index in [9.17, 15) is 9.59 Å². The molecule has 2 N–H and O–H groups in total. The molecule has 0 unspecified atom stereocenters. The number of anilines is 1. The molecule has 1 heterocycles. The zero-order valence-corrected chi connectivity index (χ0v) is 24.8. The second-order valence-corrected chi connectivity index (χ2v) is 10.5. The van der Waals surface area contributed by atoms with Gasteiger partial charge in [-0.3, -0.25) is 14.5 Å². The standard InChI is InChI=1S/C35H37N5O4/c1-43-33-10-6-5-9-32(33)40-21-19-39(20-22-40)25-29-11-15-30(16-12-29)35(42)38-37-24-28-13-17-31(18-14-28)44-26-34(41)36-23-27-7-3-2-4-8-27/h2-18,24H,19-23,25-26H2,1H3,(H,36,41)(H,38,42)/b37-24-. The number of amides is 2. The summed E-state index contributed by atoms with van der Waals surface area (Å²) >= 11 is 0. The molecule has 0 aromatic heterocycles. The smallest absolute Gasteiger partial charge is 0.271 e. The molecule has 226 valence electrons. The third kappa shape index (κ3) is 8.68. The van der Waals surface area contributed by atoms with Crippen molar-refractivity contribution in [3.05, 3.63) is 125 Å². The van der Waals surface area contributed by atoms with Crippen molar-refractivity contribution >= 4 is 23.7 Å². The molecule has 5 rings (SSSR count). The molecule has 4 aromatic rings. The van der Waals surface area contributed by atoms with Gasteiger partial charge in [0.15, 0.2) is 6.61 Å². The third-order valence-corrected chi connectivity index (χ3v) is 7.38. The third-order valence-electron chi connectivity index (χ3n) is 7.38. The van der Waals surface area contributed by atoms with Crippen LogP contribution in [0.5, 0.6) is 11.5 Å². The number of piperazine rings is 1. The highest BCUT2D eigenvalue weighted by atomic mass is 16.5. The lowest BCUT2D eigenvalue weighted by Crippen LogP contribution is -2.46. The van der Waals surface area contributed by atoms with Gasteiger partial charge in [-0.25, -0.2) is 5.43 Å². The van der Waals surface area contributed by atoms with E-state index in [2.05, 4.69) is 31.7 Å². The van der Waals surface area contributed by atoms with Gasteiger partial charge in [0.1, 0.15) is 11.5 Å². The zero-order chi connectivity index (χ0) is 30.6. The molecule has 0 atom stereocenters. The summed E-state index contributed by atoms with van der Waals surface area (Å²) in [7, 11) is 1.71. The average molecular weight is 592 g/mol. The topological polar surface area (TPSA) is 95.5 Å². The molecule has 9 heteroatoms. The summed E-state index contributed by atoms with van der Waals surface area (Å²) in [6.45, 7) is 4.98. The van der Waals surface area contributed by atoms with E-state index in [1.807, 2.05) is 72.8 Å². The maximum atomic E-state index is 12.6. The van der Waals surface area contributed by atoms with Crippen molar-refractivity contribution in [2.75, 3.05) is 44.8 Å². The first-order valence-electron chi connectivity index (χ1n) is 14.6. The SMILES string of the molecule is COc1ccccc1N1CCN(Cc2ccc(C(=O)N/N=C\c3ccc(OCC(=O)NCc4ccccc4)cc3)cc2)CC1. The highest BCUT2D eigenvalue weighted by molar-refractivity contribution is 5.94. The Labute approximate surface area is 258 Å². The normalized spacial score (nSPS) is 13.4. The summed E-state index contributed by atoms with van der Waals surface area (Å²) < 4.78 is 11.1. The summed E-state index contributed by atoms with van der Waals surface area (Å²) in [6.07, 6.45) is 1.56. The molecule has 4 aromatic carbocycles. The zero-order valence-electron chi connectivity index (χ0n) is 24.8. The van der Waals surface area contributed by atoms with E-state index >= 15 is 0 Å². The Morgan fingerprint density at radius 1 is 0.818 bits per heavy atom. The number of nitrogens with zero attached hydrogens (tertiary/aromatic N) is 3. The minimum Gasteiger partial charge on any atom is -0.495 e. The van der Waals surface area contributed by atoms with Crippen molar-refractivity contribution < 1.29 is 19.1 Å². The number of carbonyl (C=O) groups is 2. The first-order valence-corrected chi connectivity index (χ1v) is 14.6.